The summed E-state index contributed by atoms with van der Waals surface area (Å²) in [6.07, 6.45) is 3.76. The standard InChI is InChI=1S/C15H27N3O3/c1-11(2)9-13(14(19)20)16-15(21)18-8-4-7-17-6-3-5-12(17)10-18/h11-13H,3-10H2,1-2H3,(H,16,21)(H,19,20)/t12?,13-/m0/s1. The first-order chi connectivity index (χ1) is 9.97. The van der Waals surface area contributed by atoms with Crippen molar-refractivity contribution in [3.05, 3.63) is 0 Å². The molecule has 2 heterocycles. The van der Waals surface area contributed by atoms with Gasteiger partial charge in [0.15, 0.2) is 0 Å². The molecule has 2 aliphatic heterocycles. The lowest BCUT2D eigenvalue weighted by atomic mass is 10.0. The second-order valence-electron chi connectivity index (χ2n) is 6.60. The molecule has 120 valence electrons. The van der Waals surface area contributed by atoms with Crippen molar-refractivity contribution in [3.63, 3.8) is 0 Å². The van der Waals surface area contributed by atoms with Crippen LogP contribution >= 0.6 is 0 Å². The van der Waals surface area contributed by atoms with Gasteiger partial charge < -0.3 is 15.3 Å². The summed E-state index contributed by atoms with van der Waals surface area (Å²) in [5.41, 5.74) is 0. The zero-order chi connectivity index (χ0) is 15.4. The van der Waals surface area contributed by atoms with Gasteiger partial charge in [0.05, 0.1) is 0 Å². The van der Waals surface area contributed by atoms with Crippen LogP contribution in [0.3, 0.4) is 0 Å². The van der Waals surface area contributed by atoms with Gasteiger partial charge in [-0.15, -0.1) is 0 Å². The Balaban J connectivity index is 1.93. The number of carboxylic acid groups (broad SMARTS) is 1. The fourth-order valence-electron chi connectivity index (χ4n) is 3.32. The quantitative estimate of drug-likeness (QED) is 0.822. The Labute approximate surface area is 126 Å². The minimum Gasteiger partial charge on any atom is -0.480 e. The average Bonchev–Trinajstić information content (AvgIpc) is 2.74. The van der Waals surface area contributed by atoms with Gasteiger partial charge >= 0.3 is 12.0 Å². The number of aliphatic carboxylic acids is 1. The minimum atomic E-state index is -0.950. The molecule has 2 fully saturated rings. The number of carboxylic acids is 1. The van der Waals surface area contributed by atoms with E-state index < -0.39 is 12.0 Å². The molecule has 0 aromatic heterocycles. The molecular weight excluding hydrogens is 270 g/mol. The third-order valence-corrected chi connectivity index (χ3v) is 4.39. The van der Waals surface area contributed by atoms with Gasteiger partial charge in [-0.1, -0.05) is 13.8 Å². The van der Waals surface area contributed by atoms with Crippen molar-refractivity contribution in [1.82, 2.24) is 15.1 Å². The molecule has 21 heavy (non-hydrogen) atoms. The molecular formula is C15H27N3O3. The molecule has 0 aromatic carbocycles. The van der Waals surface area contributed by atoms with Crippen LogP contribution in [0, 0.1) is 5.92 Å². The van der Waals surface area contributed by atoms with E-state index >= 15 is 0 Å². The predicted molar refractivity (Wildman–Crippen MR) is 80.2 cm³/mol. The number of hydrogen-bond acceptors (Lipinski definition) is 3. The van der Waals surface area contributed by atoms with E-state index in [-0.39, 0.29) is 11.9 Å². The van der Waals surface area contributed by atoms with Crippen molar-refractivity contribution >= 4 is 12.0 Å². The molecule has 2 atom stereocenters. The van der Waals surface area contributed by atoms with E-state index in [1.807, 2.05) is 13.8 Å². The third kappa shape index (κ3) is 4.33. The number of amides is 2. The molecule has 0 aromatic rings. The van der Waals surface area contributed by atoms with E-state index in [1.165, 1.54) is 6.42 Å². The highest BCUT2D eigenvalue weighted by Gasteiger charge is 2.31. The smallest absolute Gasteiger partial charge is 0.326 e. The van der Waals surface area contributed by atoms with Crippen LogP contribution in [0.15, 0.2) is 0 Å². The topological polar surface area (TPSA) is 72.9 Å². The minimum absolute atomic E-state index is 0.225. The highest BCUT2D eigenvalue weighted by atomic mass is 16.4. The molecule has 2 saturated heterocycles. The summed E-state index contributed by atoms with van der Waals surface area (Å²) in [5, 5.41) is 11.9. The van der Waals surface area contributed by atoms with Gasteiger partial charge in [-0.25, -0.2) is 9.59 Å². The number of urea groups is 1. The number of fused-ring (bicyclic) bond motifs is 1. The van der Waals surface area contributed by atoms with E-state index in [4.69, 9.17) is 0 Å². The summed E-state index contributed by atoms with van der Waals surface area (Å²) in [6, 6.07) is -0.566. The highest BCUT2D eigenvalue weighted by molar-refractivity contribution is 5.82. The normalized spacial score (nSPS) is 24.5. The van der Waals surface area contributed by atoms with Crippen molar-refractivity contribution in [2.24, 2.45) is 5.92 Å². The average molecular weight is 297 g/mol. The van der Waals surface area contributed by atoms with Crippen molar-refractivity contribution in [2.75, 3.05) is 26.2 Å². The van der Waals surface area contributed by atoms with E-state index in [2.05, 4.69) is 10.2 Å². The Bertz CT molecular complexity index is 386. The zero-order valence-electron chi connectivity index (χ0n) is 13.0. The van der Waals surface area contributed by atoms with Crippen LogP contribution < -0.4 is 5.32 Å². The fourth-order valence-corrected chi connectivity index (χ4v) is 3.32. The molecule has 2 rings (SSSR count). The van der Waals surface area contributed by atoms with Crippen LogP contribution in [0.1, 0.15) is 39.5 Å². The highest BCUT2D eigenvalue weighted by Crippen LogP contribution is 2.21. The molecule has 0 aliphatic carbocycles. The Hall–Kier alpha value is -1.30. The molecule has 2 N–H and O–H groups in total. The van der Waals surface area contributed by atoms with Gasteiger partial charge in [0, 0.05) is 25.7 Å². The summed E-state index contributed by atoms with van der Waals surface area (Å²) >= 11 is 0. The first-order valence-electron chi connectivity index (χ1n) is 7.99. The molecule has 2 amide bonds. The summed E-state index contributed by atoms with van der Waals surface area (Å²) in [4.78, 5) is 27.9. The third-order valence-electron chi connectivity index (χ3n) is 4.39. The van der Waals surface area contributed by atoms with Crippen molar-refractivity contribution in [2.45, 2.75) is 51.6 Å². The summed E-state index contributed by atoms with van der Waals surface area (Å²) in [7, 11) is 0. The van der Waals surface area contributed by atoms with Gasteiger partial charge in [0.1, 0.15) is 6.04 Å². The number of carbonyl (C=O) groups is 2. The molecule has 0 spiro atoms. The SMILES string of the molecule is CC(C)C[C@H](NC(=O)N1CCCN2CCCC2C1)C(=O)O. The molecule has 1 unspecified atom stereocenters. The van der Waals surface area contributed by atoms with Crippen LogP contribution in [-0.4, -0.2) is 65.2 Å². The van der Waals surface area contributed by atoms with Gasteiger partial charge in [-0.05, 0) is 38.1 Å². The number of hydrogen-bond donors (Lipinski definition) is 2. The van der Waals surface area contributed by atoms with Crippen LogP contribution in [-0.2, 0) is 4.79 Å². The first kappa shape index (κ1) is 16.1. The van der Waals surface area contributed by atoms with Crippen LogP contribution in [0.4, 0.5) is 4.79 Å². The molecule has 6 nitrogen and oxygen atoms in total. The molecule has 6 heteroatoms. The second kappa shape index (κ2) is 7.11. The van der Waals surface area contributed by atoms with Crippen molar-refractivity contribution < 1.29 is 14.7 Å². The lowest BCUT2D eigenvalue weighted by Gasteiger charge is -2.27. The Morgan fingerprint density at radius 1 is 1.24 bits per heavy atom. The number of carbonyl (C=O) groups excluding carboxylic acids is 1. The lowest BCUT2D eigenvalue weighted by molar-refractivity contribution is -0.139. The van der Waals surface area contributed by atoms with Gasteiger partial charge in [0.25, 0.3) is 0 Å². The molecule has 2 aliphatic rings. The Morgan fingerprint density at radius 3 is 2.62 bits per heavy atom. The van der Waals surface area contributed by atoms with Gasteiger partial charge in [0.2, 0.25) is 0 Å². The zero-order valence-corrected chi connectivity index (χ0v) is 13.0. The molecule has 0 radical (unpaired) electrons. The van der Waals surface area contributed by atoms with E-state index in [0.29, 0.717) is 19.0 Å². The Morgan fingerprint density at radius 2 is 1.95 bits per heavy atom. The fraction of sp³-hybridized carbons (Fsp3) is 0.867. The molecule has 0 saturated carbocycles. The second-order valence-corrected chi connectivity index (χ2v) is 6.60. The van der Waals surface area contributed by atoms with Crippen LogP contribution in [0.5, 0.6) is 0 Å². The van der Waals surface area contributed by atoms with E-state index in [1.54, 1.807) is 4.90 Å². The molecule has 0 bridgehead atoms. The predicted octanol–water partition coefficient (Wildman–Crippen LogP) is 1.37. The summed E-state index contributed by atoms with van der Waals surface area (Å²) in [5.74, 6) is -0.713. The summed E-state index contributed by atoms with van der Waals surface area (Å²) in [6.45, 7) is 7.54. The largest absolute Gasteiger partial charge is 0.480 e. The van der Waals surface area contributed by atoms with Crippen LogP contribution in [0.25, 0.3) is 0 Å². The number of nitrogens with one attached hydrogen (secondary N) is 1. The number of rotatable bonds is 4. The maximum atomic E-state index is 12.4. The maximum Gasteiger partial charge on any atom is 0.326 e. The van der Waals surface area contributed by atoms with Crippen molar-refractivity contribution in [1.29, 1.82) is 0 Å². The van der Waals surface area contributed by atoms with Gasteiger partial charge in [-0.3, -0.25) is 4.90 Å². The van der Waals surface area contributed by atoms with Crippen molar-refractivity contribution in [3.8, 4) is 0 Å². The number of nitrogens with zero attached hydrogens (tertiary/aromatic N) is 2. The lowest BCUT2D eigenvalue weighted by Crippen LogP contribution is -2.50. The van der Waals surface area contributed by atoms with E-state index in [0.717, 1.165) is 32.5 Å². The summed E-state index contributed by atoms with van der Waals surface area (Å²) < 4.78 is 0. The monoisotopic (exact) mass is 297 g/mol. The Kier molecular flexibility index (Phi) is 5.45. The van der Waals surface area contributed by atoms with Gasteiger partial charge in [-0.2, -0.15) is 0 Å². The first-order valence-corrected chi connectivity index (χ1v) is 7.99. The van der Waals surface area contributed by atoms with Crippen LogP contribution in [0.2, 0.25) is 0 Å². The van der Waals surface area contributed by atoms with E-state index in [9.17, 15) is 14.7 Å². The maximum absolute atomic E-state index is 12.4.